The molecule has 0 aliphatic carbocycles. The first kappa shape index (κ1) is 17.1. The summed E-state index contributed by atoms with van der Waals surface area (Å²) < 4.78 is 40.4. The van der Waals surface area contributed by atoms with Crippen LogP contribution in [0.5, 0.6) is 0 Å². The third-order valence-electron chi connectivity index (χ3n) is 3.95. The second-order valence-electron chi connectivity index (χ2n) is 5.50. The third kappa shape index (κ3) is 3.35. The first-order valence-electron chi connectivity index (χ1n) is 7.56. The van der Waals surface area contributed by atoms with Crippen LogP contribution in [0.1, 0.15) is 17.7 Å². The third-order valence-corrected chi connectivity index (χ3v) is 6.76. The number of sulfonamides is 1. The number of hydrogen-bond acceptors (Lipinski definition) is 4. The van der Waals surface area contributed by atoms with Crippen molar-refractivity contribution in [3.8, 4) is 0 Å². The molecule has 128 valence electrons. The van der Waals surface area contributed by atoms with Crippen LogP contribution in [-0.2, 0) is 21.4 Å². The first-order valence-corrected chi connectivity index (χ1v) is 9.88. The molecule has 0 radical (unpaired) electrons. The van der Waals surface area contributed by atoms with E-state index in [0.717, 1.165) is 15.2 Å². The molecular formula is C16H17FN2O3S2. The van der Waals surface area contributed by atoms with Crippen molar-refractivity contribution in [1.29, 1.82) is 0 Å². The molecule has 24 heavy (non-hydrogen) atoms. The molecule has 1 saturated heterocycles. The molecule has 1 aromatic carbocycles. The summed E-state index contributed by atoms with van der Waals surface area (Å²) in [6.45, 7) is 0.578. The van der Waals surface area contributed by atoms with Crippen molar-refractivity contribution in [2.45, 2.75) is 30.3 Å². The van der Waals surface area contributed by atoms with Crippen molar-refractivity contribution in [2.75, 3.05) is 6.54 Å². The van der Waals surface area contributed by atoms with Crippen molar-refractivity contribution in [3.63, 3.8) is 0 Å². The second-order valence-corrected chi connectivity index (χ2v) is 8.39. The van der Waals surface area contributed by atoms with Crippen LogP contribution in [0.3, 0.4) is 0 Å². The topological polar surface area (TPSA) is 66.5 Å². The van der Waals surface area contributed by atoms with E-state index in [4.69, 9.17) is 0 Å². The normalized spacial score (nSPS) is 18.6. The van der Waals surface area contributed by atoms with Crippen LogP contribution in [-0.4, -0.2) is 31.2 Å². The molecule has 5 nitrogen and oxygen atoms in total. The summed E-state index contributed by atoms with van der Waals surface area (Å²) in [5.41, 5.74) is 0. The Labute approximate surface area is 144 Å². The summed E-state index contributed by atoms with van der Waals surface area (Å²) >= 11 is 1.52. The molecular weight excluding hydrogens is 351 g/mol. The molecule has 1 fully saturated rings. The number of nitrogens with one attached hydrogen (secondary N) is 1. The lowest BCUT2D eigenvalue weighted by Gasteiger charge is -2.23. The van der Waals surface area contributed by atoms with Crippen molar-refractivity contribution in [2.24, 2.45) is 0 Å². The molecule has 1 aliphatic rings. The molecule has 1 aliphatic heterocycles. The van der Waals surface area contributed by atoms with E-state index < -0.39 is 21.9 Å². The van der Waals surface area contributed by atoms with Gasteiger partial charge in [0.05, 0.1) is 6.54 Å². The van der Waals surface area contributed by atoms with Crippen molar-refractivity contribution in [3.05, 3.63) is 52.5 Å². The number of thiophene rings is 1. The summed E-state index contributed by atoms with van der Waals surface area (Å²) in [4.78, 5) is 13.0. The van der Waals surface area contributed by atoms with Gasteiger partial charge in [-0.1, -0.05) is 18.2 Å². The van der Waals surface area contributed by atoms with Gasteiger partial charge in [0, 0.05) is 11.4 Å². The Hall–Kier alpha value is -1.77. The van der Waals surface area contributed by atoms with Gasteiger partial charge < -0.3 is 5.32 Å². The van der Waals surface area contributed by atoms with E-state index >= 15 is 0 Å². The fourth-order valence-corrected chi connectivity index (χ4v) is 5.14. The zero-order chi connectivity index (χ0) is 17.2. The number of halogens is 1. The molecule has 0 bridgehead atoms. The van der Waals surface area contributed by atoms with E-state index in [-0.39, 0.29) is 17.3 Å². The highest BCUT2D eigenvalue weighted by Gasteiger charge is 2.40. The molecule has 0 spiro atoms. The number of carbonyl (C=O) groups is 1. The summed E-state index contributed by atoms with van der Waals surface area (Å²) in [6.07, 6.45) is 1.01. The minimum absolute atomic E-state index is 0.216. The fourth-order valence-electron chi connectivity index (χ4n) is 2.78. The Bertz CT molecular complexity index is 822. The van der Waals surface area contributed by atoms with Gasteiger partial charge in [0.1, 0.15) is 16.8 Å². The zero-order valence-electron chi connectivity index (χ0n) is 12.8. The number of amides is 1. The standard InChI is InChI=1S/C16H17FN2O3S2/c17-13-6-1-2-8-15(13)24(21,22)19-9-3-7-14(19)16(20)18-11-12-5-4-10-23-12/h1-2,4-6,8,10,14H,3,7,9,11H2,(H,18,20)/t14-/m1/s1. The minimum Gasteiger partial charge on any atom is -0.350 e. The molecule has 1 N–H and O–H groups in total. The van der Waals surface area contributed by atoms with Crippen molar-refractivity contribution >= 4 is 27.3 Å². The molecule has 0 saturated carbocycles. The lowest BCUT2D eigenvalue weighted by molar-refractivity contribution is -0.124. The van der Waals surface area contributed by atoms with Crippen LogP contribution >= 0.6 is 11.3 Å². The molecule has 1 aromatic heterocycles. The van der Waals surface area contributed by atoms with E-state index in [2.05, 4.69) is 5.32 Å². The van der Waals surface area contributed by atoms with Gasteiger partial charge in [-0.2, -0.15) is 4.31 Å². The summed E-state index contributed by atoms with van der Waals surface area (Å²) in [5.74, 6) is -1.15. The maximum absolute atomic E-state index is 13.9. The molecule has 2 heterocycles. The highest BCUT2D eigenvalue weighted by atomic mass is 32.2. The number of hydrogen-bond donors (Lipinski definition) is 1. The number of rotatable bonds is 5. The second kappa shape index (κ2) is 7.00. The maximum atomic E-state index is 13.9. The van der Waals surface area contributed by atoms with Gasteiger partial charge in [0.2, 0.25) is 15.9 Å². The Morgan fingerprint density at radius 1 is 1.29 bits per heavy atom. The predicted molar refractivity (Wildman–Crippen MR) is 89.5 cm³/mol. The minimum atomic E-state index is -4.04. The maximum Gasteiger partial charge on any atom is 0.246 e. The van der Waals surface area contributed by atoms with Crippen molar-refractivity contribution in [1.82, 2.24) is 9.62 Å². The van der Waals surface area contributed by atoms with Gasteiger partial charge in [0.25, 0.3) is 0 Å². The van der Waals surface area contributed by atoms with E-state index in [1.807, 2.05) is 17.5 Å². The van der Waals surface area contributed by atoms with Gasteiger partial charge in [-0.3, -0.25) is 4.79 Å². The Morgan fingerprint density at radius 3 is 2.79 bits per heavy atom. The summed E-state index contributed by atoms with van der Waals surface area (Å²) in [7, 11) is -4.04. The van der Waals surface area contributed by atoms with Crippen LogP contribution in [0.15, 0.2) is 46.7 Å². The predicted octanol–water partition coefficient (Wildman–Crippen LogP) is 2.36. The highest BCUT2D eigenvalue weighted by Crippen LogP contribution is 2.27. The SMILES string of the molecule is O=C(NCc1cccs1)[C@H]1CCCN1S(=O)(=O)c1ccccc1F. The van der Waals surface area contributed by atoms with Gasteiger partial charge in [-0.15, -0.1) is 11.3 Å². The molecule has 1 amide bonds. The average molecular weight is 368 g/mol. The number of nitrogens with zero attached hydrogens (tertiary/aromatic N) is 1. The molecule has 2 aromatic rings. The Kier molecular flexibility index (Phi) is 4.98. The first-order chi connectivity index (χ1) is 11.5. The largest absolute Gasteiger partial charge is 0.350 e. The zero-order valence-corrected chi connectivity index (χ0v) is 14.4. The average Bonchev–Trinajstić information content (AvgIpc) is 3.24. The van der Waals surface area contributed by atoms with Gasteiger partial charge in [-0.25, -0.2) is 12.8 Å². The van der Waals surface area contributed by atoms with Crippen LogP contribution < -0.4 is 5.32 Å². The van der Waals surface area contributed by atoms with E-state index in [9.17, 15) is 17.6 Å². The lowest BCUT2D eigenvalue weighted by Crippen LogP contribution is -2.45. The molecule has 1 atom stereocenters. The lowest BCUT2D eigenvalue weighted by atomic mass is 10.2. The molecule has 0 unspecified atom stereocenters. The summed E-state index contributed by atoms with van der Waals surface area (Å²) in [6, 6.07) is 8.22. The monoisotopic (exact) mass is 368 g/mol. The van der Waals surface area contributed by atoms with E-state index in [1.54, 1.807) is 0 Å². The fraction of sp³-hybridized carbons (Fsp3) is 0.312. The molecule has 3 rings (SSSR count). The quantitative estimate of drug-likeness (QED) is 0.881. The number of benzene rings is 1. The van der Waals surface area contributed by atoms with Crippen LogP contribution in [0.4, 0.5) is 4.39 Å². The number of carbonyl (C=O) groups excluding carboxylic acids is 1. The smallest absolute Gasteiger partial charge is 0.246 e. The van der Waals surface area contributed by atoms with E-state index in [1.165, 1.54) is 29.5 Å². The molecule has 8 heteroatoms. The van der Waals surface area contributed by atoms with Gasteiger partial charge in [-0.05, 0) is 36.4 Å². The van der Waals surface area contributed by atoms with Crippen molar-refractivity contribution < 1.29 is 17.6 Å². The Balaban J connectivity index is 1.77. The summed E-state index contributed by atoms with van der Waals surface area (Å²) in [5, 5.41) is 4.68. The van der Waals surface area contributed by atoms with Crippen LogP contribution in [0.25, 0.3) is 0 Å². The van der Waals surface area contributed by atoms with Gasteiger partial charge in [0.15, 0.2) is 0 Å². The van der Waals surface area contributed by atoms with E-state index in [0.29, 0.717) is 19.4 Å². The van der Waals surface area contributed by atoms with Crippen LogP contribution in [0, 0.1) is 5.82 Å². The Morgan fingerprint density at radius 2 is 2.08 bits per heavy atom. The van der Waals surface area contributed by atoms with Crippen LogP contribution in [0.2, 0.25) is 0 Å². The highest BCUT2D eigenvalue weighted by molar-refractivity contribution is 7.89. The van der Waals surface area contributed by atoms with Gasteiger partial charge >= 0.3 is 0 Å².